The normalized spacial score (nSPS) is 11.5. The molecule has 1 amide bonds. The first-order valence-corrected chi connectivity index (χ1v) is 11.0. The van der Waals surface area contributed by atoms with Crippen LogP contribution in [0.2, 0.25) is 0 Å². The number of carbonyl (C=O) groups excluding carboxylic acids is 1. The summed E-state index contributed by atoms with van der Waals surface area (Å²) in [6.45, 7) is 4.20. The number of hydrogen-bond donors (Lipinski definition) is 2. The Bertz CT molecular complexity index is 1130. The summed E-state index contributed by atoms with van der Waals surface area (Å²) in [6.07, 6.45) is 0. The van der Waals surface area contributed by atoms with Gasteiger partial charge in [-0.15, -0.1) is 0 Å². The Morgan fingerprint density at radius 1 is 0.967 bits per heavy atom. The maximum Gasteiger partial charge on any atom is 0.258 e. The van der Waals surface area contributed by atoms with Crippen LogP contribution in [0.15, 0.2) is 77.7 Å². The number of benzene rings is 3. The van der Waals surface area contributed by atoms with E-state index in [9.17, 15) is 17.6 Å². The molecule has 0 spiro atoms. The number of rotatable bonds is 7. The third kappa shape index (κ3) is 5.31. The van der Waals surface area contributed by atoms with Crippen molar-refractivity contribution in [3.63, 3.8) is 0 Å². The molecule has 30 heavy (non-hydrogen) atoms. The molecule has 0 heterocycles. The van der Waals surface area contributed by atoms with E-state index in [2.05, 4.69) is 23.9 Å². The maximum atomic E-state index is 14.3. The smallest absolute Gasteiger partial charge is 0.258 e. The second-order valence-electron chi connectivity index (χ2n) is 7.18. The highest BCUT2D eigenvalue weighted by Crippen LogP contribution is 2.20. The molecule has 3 rings (SSSR count). The summed E-state index contributed by atoms with van der Waals surface area (Å²) in [4.78, 5) is 12.4. The third-order valence-electron chi connectivity index (χ3n) is 4.64. The molecule has 0 aliphatic rings. The van der Waals surface area contributed by atoms with E-state index in [1.54, 1.807) is 36.4 Å². The summed E-state index contributed by atoms with van der Waals surface area (Å²) in [5.41, 5.74) is 2.05. The zero-order valence-electron chi connectivity index (χ0n) is 16.7. The maximum absolute atomic E-state index is 14.3. The van der Waals surface area contributed by atoms with Crippen LogP contribution in [0.1, 0.15) is 41.3 Å². The summed E-state index contributed by atoms with van der Waals surface area (Å²) in [6, 6.07) is 19.4. The molecule has 7 heteroatoms. The van der Waals surface area contributed by atoms with Crippen molar-refractivity contribution in [1.82, 2.24) is 4.72 Å². The number of halogens is 1. The van der Waals surface area contributed by atoms with Crippen LogP contribution in [0.3, 0.4) is 0 Å². The Labute approximate surface area is 176 Å². The molecule has 0 saturated heterocycles. The molecule has 3 aromatic rings. The summed E-state index contributed by atoms with van der Waals surface area (Å²) < 4.78 is 41.9. The van der Waals surface area contributed by atoms with E-state index in [0.717, 1.165) is 29.3 Å². The van der Waals surface area contributed by atoms with Gasteiger partial charge in [0, 0.05) is 12.2 Å². The highest BCUT2D eigenvalue weighted by molar-refractivity contribution is 7.89. The van der Waals surface area contributed by atoms with Crippen molar-refractivity contribution in [1.29, 1.82) is 0 Å². The Morgan fingerprint density at radius 3 is 2.27 bits per heavy atom. The number of carbonyl (C=O) groups is 1. The van der Waals surface area contributed by atoms with E-state index < -0.39 is 21.7 Å². The predicted molar refractivity (Wildman–Crippen MR) is 115 cm³/mol. The zero-order chi connectivity index (χ0) is 21.7. The van der Waals surface area contributed by atoms with E-state index in [1.165, 1.54) is 0 Å². The Morgan fingerprint density at radius 2 is 1.63 bits per heavy atom. The molecule has 5 nitrogen and oxygen atoms in total. The van der Waals surface area contributed by atoms with E-state index in [1.807, 2.05) is 18.2 Å². The first kappa shape index (κ1) is 21.7. The van der Waals surface area contributed by atoms with Crippen molar-refractivity contribution in [2.24, 2.45) is 0 Å². The summed E-state index contributed by atoms with van der Waals surface area (Å²) in [5.74, 6) is -1.17. The molecule has 0 saturated carbocycles. The van der Waals surface area contributed by atoms with Gasteiger partial charge in [0.15, 0.2) is 0 Å². The molecule has 156 valence electrons. The van der Waals surface area contributed by atoms with Crippen LogP contribution in [-0.4, -0.2) is 14.3 Å². The minimum Gasteiger partial charge on any atom is -0.322 e. The van der Waals surface area contributed by atoms with Crippen molar-refractivity contribution in [2.75, 3.05) is 5.32 Å². The van der Waals surface area contributed by atoms with Crippen molar-refractivity contribution >= 4 is 21.6 Å². The quantitative estimate of drug-likeness (QED) is 0.576. The minimum absolute atomic E-state index is 0.0876. The van der Waals surface area contributed by atoms with Gasteiger partial charge in [0.25, 0.3) is 5.91 Å². The number of nitrogens with one attached hydrogen (secondary N) is 2. The first-order chi connectivity index (χ1) is 14.3. The monoisotopic (exact) mass is 426 g/mol. The molecule has 0 aromatic heterocycles. The number of amides is 1. The molecular formula is C23H23FN2O3S. The fourth-order valence-electron chi connectivity index (χ4n) is 2.85. The van der Waals surface area contributed by atoms with Crippen molar-refractivity contribution in [2.45, 2.75) is 31.2 Å². The van der Waals surface area contributed by atoms with E-state index in [0.29, 0.717) is 11.6 Å². The number of sulfonamides is 1. The molecule has 2 N–H and O–H groups in total. The lowest BCUT2D eigenvalue weighted by Gasteiger charge is -2.11. The van der Waals surface area contributed by atoms with E-state index in [4.69, 9.17) is 0 Å². The molecule has 0 bridgehead atoms. The average molecular weight is 427 g/mol. The van der Waals surface area contributed by atoms with Gasteiger partial charge in [-0.1, -0.05) is 56.3 Å². The van der Waals surface area contributed by atoms with Crippen molar-refractivity contribution in [3.8, 4) is 0 Å². The largest absolute Gasteiger partial charge is 0.322 e. The van der Waals surface area contributed by atoms with Crippen molar-refractivity contribution < 1.29 is 17.6 Å². The summed E-state index contributed by atoms with van der Waals surface area (Å²) in [7, 11) is -3.92. The van der Waals surface area contributed by atoms with Crippen LogP contribution < -0.4 is 10.0 Å². The third-order valence-corrected chi connectivity index (χ3v) is 6.04. The minimum atomic E-state index is -3.92. The van der Waals surface area contributed by atoms with Gasteiger partial charge in [-0.3, -0.25) is 4.79 Å². The molecule has 0 unspecified atom stereocenters. The van der Waals surface area contributed by atoms with Gasteiger partial charge in [0.05, 0.1) is 10.5 Å². The standard InChI is InChI=1S/C23H23FN2O3S/c1-16(2)18-8-10-19(11-9-18)26-23(27)21-14-20(12-13-22(21)24)30(28,29)25-15-17-6-4-3-5-7-17/h3-14,16,25H,15H2,1-2H3,(H,26,27). The van der Waals surface area contributed by atoms with Gasteiger partial charge in [0.2, 0.25) is 10.0 Å². The van der Waals surface area contributed by atoms with E-state index in [-0.39, 0.29) is 17.0 Å². The Hall–Kier alpha value is -3.03. The molecular weight excluding hydrogens is 403 g/mol. The van der Waals surface area contributed by atoms with Gasteiger partial charge in [-0.05, 0) is 47.4 Å². The topological polar surface area (TPSA) is 75.3 Å². The van der Waals surface area contributed by atoms with Crippen molar-refractivity contribution in [3.05, 3.63) is 95.3 Å². The second kappa shape index (κ2) is 9.19. The fraction of sp³-hybridized carbons (Fsp3) is 0.174. The molecule has 0 radical (unpaired) electrons. The Kier molecular flexibility index (Phi) is 6.64. The predicted octanol–water partition coefficient (Wildman–Crippen LogP) is 4.68. The fourth-order valence-corrected chi connectivity index (χ4v) is 3.90. The molecule has 0 aliphatic heterocycles. The first-order valence-electron chi connectivity index (χ1n) is 9.51. The Balaban J connectivity index is 1.77. The second-order valence-corrected chi connectivity index (χ2v) is 8.95. The molecule has 0 atom stereocenters. The van der Waals surface area contributed by atoms with Gasteiger partial charge in [-0.25, -0.2) is 17.5 Å². The molecule has 0 aliphatic carbocycles. The average Bonchev–Trinajstić information content (AvgIpc) is 2.73. The highest BCUT2D eigenvalue weighted by atomic mass is 32.2. The lowest BCUT2D eigenvalue weighted by molar-refractivity contribution is 0.102. The van der Waals surface area contributed by atoms with E-state index >= 15 is 0 Å². The van der Waals surface area contributed by atoms with Gasteiger partial charge in [-0.2, -0.15) is 0 Å². The zero-order valence-corrected chi connectivity index (χ0v) is 17.5. The van der Waals surface area contributed by atoms with Crippen LogP contribution in [-0.2, 0) is 16.6 Å². The highest BCUT2D eigenvalue weighted by Gasteiger charge is 2.19. The number of anilines is 1. The van der Waals surface area contributed by atoms with Crippen LogP contribution in [0.5, 0.6) is 0 Å². The number of hydrogen-bond acceptors (Lipinski definition) is 3. The lowest BCUT2D eigenvalue weighted by Crippen LogP contribution is -2.24. The van der Waals surface area contributed by atoms with Crippen LogP contribution >= 0.6 is 0 Å². The van der Waals surface area contributed by atoms with Crippen LogP contribution in [0.25, 0.3) is 0 Å². The van der Waals surface area contributed by atoms with Crippen LogP contribution in [0.4, 0.5) is 10.1 Å². The van der Waals surface area contributed by atoms with Gasteiger partial charge >= 0.3 is 0 Å². The molecule has 0 fully saturated rings. The van der Waals surface area contributed by atoms with Gasteiger partial charge in [0.1, 0.15) is 5.82 Å². The van der Waals surface area contributed by atoms with Crippen LogP contribution in [0, 0.1) is 5.82 Å². The SMILES string of the molecule is CC(C)c1ccc(NC(=O)c2cc(S(=O)(=O)NCc3ccccc3)ccc2F)cc1. The summed E-state index contributed by atoms with van der Waals surface area (Å²) >= 11 is 0. The lowest BCUT2D eigenvalue weighted by atomic mass is 10.0. The molecule has 3 aromatic carbocycles. The summed E-state index contributed by atoms with van der Waals surface area (Å²) in [5, 5.41) is 2.61. The van der Waals surface area contributed by atoms with Gasteiger partial charge < -0.3 is 5.32 Å².